The summed E-state index contributed by atoms with van der Waals surface area (Å²) in [5.41, 5.74) is 4.83. The zero-order valence-corrected chi connectivity index (χ0v) is 25.8. The van der Waals surface area contributed by atoms with Crippen LogP contribution in [-0.4, -0.2) is 96.1 Å². The molecule has 1 aromatic carbocycles. The van der Waals surface area contributed by atoms with E-state index in [1.54, 1.807) is 7.05 Å². The summed E-state index contributed by atoms with van der Waals surface area (Å²) in [7, 11) is -1.48. The summed E-state index contributed by atoms with van der Waals surface area (Å²) in [5.74, 6) is -0.00497. The highest BCUT2D eigenvalue weighted by Crippen LogP contribution is 2.34. The van der Waals surface area contributed by atoms with Crippen molar-refractivity contribution in [1.29, 1.82) is 0 Å². The van der Waals surface area contributed by atoms with E-state index in [0.717, 1.165) is 75.7 Å². The lowest BCUT2D eigenvalue weighted by molar-refractivity contribution is 0.0400. The third-order valence-electron chi connectivity index (χ3n) is 9.46. The van der Waals surface area contributed by atoms with Gasteiger partial charge in [0.2, 0.25) is 10.0 Å². The molecule has 0 spiro atoms. The van der Waals surface area contributed by atoms with Crippen molar-refractivity contribution in [3.8, 4) is 0 Å². The molecule has 224 valence electrons. The van der Waals surface area contributed by atoms with Crippen LogP contribution in [-0.2, 0) is 21.2 Å². The molecule has 3 fully saturated rings. The number of rotatable bonds is 8. The van der Waals surface area contributed by atoms with Gasteiger partial charge in [0.25, 0.3) is 5.91 Å². The smallest absolute Gasteiger partial charge is 0.272 e. The van der Waals surface area contributed by atoms with E-state index < -0.39 is 10.0 Å². The normalized spacial score (nSPS) is 23.4. The second kappa shape index (κ2) is 12.9. The minimum atomic E-state index is -3.16. The van der Waals surface area contributed by atoms with Crippen LogP contribution in [0.4, 0.5) is 0 Å². The van der Waals surface area contributed by atoms with E-state index >= 15 is 0 Å². The summed E-state index contributed by atoms with van der Waals surface area (Å²) in [6, 6.07) is 9.12. The van der Waals surface area contributed by atoms with Crippen molar-refractivity contribution in [2.75, 3.05) is 39.5 Å². The lowest BCUT2D eigenvalue weighted by atomic mass is 9.97. The number of carbonyl (C=O) groups is 1. The van der Waals surface area contributed by atoms with Gasteiger partial charge in [-0.3, -0.25) is 4.79 Å². The Bertz CT molecular complexity index is 1300. The Hall–Kier alpha value is -2.40. The molecule has 3 aliphatic rings. The number of hydrogen-bond acceptors (Lipinski definition) is 7. The predicted octanol–water partition coefficient (Wildman–Crippen LogP) is 3.91. The minimum Gasteiger partial charge on any atom is -0.370 e. The molecule has 0 N–H and O–H groups in total. The quantitative estimate of drug-likeness (QED) is 0.465. The Morgan fingerprint density at radius 1 is 0.976 bits per heavy atom. The van der Waals surface area contributed by atoms with Crippen molar-refractivity contribution in [2.45, 2.75) is 89.5 Å². The van der Waals surface area contributed by atoms with Crippen LogP contribution >= 0.6 is 0 Å². The van der Waals surface area contributed by atoms with Gasteiger partial charge in [-0.25, -0.2) is 22.7 Å². The lowest BCUT2D eigenvalue weighted by Gasteiger charge is -2.43. The summed E-state index contributed by atoms with van der Waals surface area (Å²) in [4.78, 5) is 26.9. The number of nitrogens with zero attached hydrogens (tertiary/aromatic N) is 5. The van der Waals surface area contributed by atoms with Gasteiger partial charge >= 0.3 is 0 Å². The molecule has 0 bridgehead atoms. The Balaban J connectivity index is 1.10. The second-order valence-electron chi connectivity index (χ2n) is 12.1. The number of aryl methyl sites for hydroxylation is 2. The average Bonchev–Trinajstić information content (AvgIpc) is 3.45. The molecule has 1 amide bonds. The molecule has 41 heavy (non-hydrogen) atoms. The van der Waals surface area contributed by atoms with E-state index in [-0.39, 0.29) is 24.2 Å². The molecule has 10 heteroatoms. The number of hydrogen-bond donors (Lipinski definition) is 0. The van der Waals surface area contributed by atoms with Gasteiger partial charge in [0.05, 0.1) is 18.5 Å². The molecule has 0 saturated carbocycles. The number of ether oxygens (including phenoxy) is 1. The number of aromatic nitrogens is 2. The number of amides is 1. The van der Waals surface area contributed by atoms with E-state index in [2.05, 4.69) is 46.1 Å². The molecule has 2 atom stereocenters. The fourth-order valence-corrected chi connectivity index (χ4v) is 7.42. The van der Waals surface area contributed by atoms with E-state index in [9.17, 15) is 13.2 Å². The lowest BCUT2D eigenvalue weighted by Crippen LogP contribution is -2.52. The third-order valence-corrected chi connectivity index (χ3v) is 10.8. The molecular formula is C31H45N5O4S. The largest absolute Gasteiger partial charge is 0.370 e. The zero-order chi connectivity index (χ0) is 29.1. The highest BCUT2D eigenvalue weighted by molar-refractivity contribution is 7.88. The summed E-state index contributed by atoms with van der Waals surface area (Å²) >= 11 is 0. The van der Waals surface area contributed by atoms with Crippen LogP contribution < -0.4 is 0 Å². The van der Waals surface area contributed by atoms with Gasteiger partial charge in [0.15, 0.2) is 0 Å². The SMILES string of the molecule is Cc1ccc([C@H]2CC[C@@H](CCc3ncnc(C(=O)N4CCC(N5CCC(N(C)S(C)(=O)=O)CC5)CC4)c3C)O2)cc1. The van der Waals surface area contributed by atoms with Crippen molar-refractivity contribution in [2.24, 2.45) is 0 Å². The molecule has 0 radical (unpaired) electrons. The van der Waals surface area contributed by atoms with Gasteiger partial charge in [-0.2, -0.15) is 0 Å². The fourth-order valence-electron chi connectivity index (χ4n) is 6.67. The average molecular weight is 584 g/mol. The fraction of sp³-hybridized carbons (Fsp3) is 0.645. The maximum atomic E-state index is 13.5. The van der Waals surface area contributed by atoms with Crippen molar-refractivity contribution in [1.82, 2.24) is 24.1 Å². The molecule has 1 aromatic heterocycles. The Kier molecular flexibility index (Phi) is 9.43. The molecule has 9 nitrogen and oxygen atoms in total. The van der Waals surface area contributed by atoms with Gasteiger partial charge in [0, 0.05) is 43.5 Å². The number of likely N-dealkylation sites (tertiary alicyclic amines) is 2. The summed E-state index contributed by atoms with van der Waals surface area (Å²) in [6.07, 6.45) is 10.5. The number of piperidine rings is 2. The Morgan fingerprint density at radius 3 is 2.32 bits per heavy atom. The van der Waals surface area contributed by atoms with Crippen LogP contribution in [0.5, 0.6) is 0 Å². The van der Waals surface area contributed by atoms with Crippen LogP contribution in [0.1, 0.15) is 83.9 Å². The third kappa shape index (κ3) is 7.16. The molecular weight excluding hydrogens is 538 g/mol. The van der Waals surface area contributed by atoms with E-state index in [1.165, 1.54) is 28.0 Å². The first-order valence-corrected chi connectivity index (χ1v) is 16.9. The van der Waals surface area contributed by atoms with Crippen LogP contribution in [0.25, 0.3) is 0 Å². The molecule has 3 aliphatic heterocycles. The topological polar surface area (TPSA) is 95.9 Å². The zero-order valence-electron chi connectivity index (χ0n) is 25.0. The van der Waals surface area contributed by atoms with E-state index in [1.807, 2.05) is 11.8 Å². The second-order valence-corrected chi connectivity index (χ2v) is 14.2. The van der Waals surface area contributed by atoms with Crippen molar-refractivity contribution < 1.29 is 17.9 Å². The van der Waals surface area contributed by atoms with E-state index in [0.29, 0.717) is 24.8 Å². The van der Waals surface area contributed by atoms with Gasteiger partial charge < -0.3 is 14.5 Å². The maximum absolute atomic E-state index is 13.5. The highest BCUT2D eigenvalue weighted by Gasteiger charge is 2.33. The van der Waals surface area contributed by atoms with Gasteiger partial charge in [-0.15, -0.1) is 0 Å². The first-order chi connectivity index (χ1) is 19.6. The van der Waals surface area contributed by atoms with E-state index in [4.69, 9.17) is 4.74 Å². The molecule has 4 heterocycles. The monoisotopic (exact) mass is 583 g/mol. The number of sulfonamides is 1. The van der Waals surface area contributed by atoms with Crippen LogP contribution in [0.2, 0.25) is 0 Å². The van der Waals surface area contributed by atoms with Crippen LogP contribution in [0.15, 0.2) is 30.6 Å². The van der Waals surface area contributed by atoms with Gasteiger partial charge in [-0.1, -0.05) is 29.8 Å². The van der Waals surface area contributed by atoms with Crippen molar-refractivity contribution in [3.63, 3.8) is 0 Å². The summed E-state index contributed by atoms with van der Waals surface area (Å²) < 4.78 is 31.7. The Labute approximate surface area is 245 Å². The number of benzene rings is 1. The summed E-state index contributed by atoms with van der Waals surface area (Å²) in [5, 5.41) is 0. The first-order valence-electron chi connectivity index (χ1n) is 15.1. The van der Waals surface area contributed by atoms with Crippen LogP contribution in [0, 0.1) is 13.8 Å². The Morgan fingerprint density at radius 2 is 1.66 bits per heavy atom. The molecule has 5 rings (SSSR count). The van der Waals surface area contributed by atoms with Gasteiger partial charge in [0.1, 0.15) is 12.0 Å². The molecule has 0 aliphatic carbocycles. The van der Waals surface area contributed by atoms with Gasteiger partial charge in [-0.05, 0) is 83.9 Å². The summed E-state index contributed by atoms with van der Waals surface area (Å²) in [6.45, 7) is 7.28. The van der Waals surface area contributed by atoms with Crippen molar-refractivity contribution in [3.05, 3.63) is 58.7 Å². The standard InChI is InChI=1S/C31H45N5O4S/c1-22-5-7-24(8-6-22)29-12-10-27(40-29)9-11-28-23(2)30(33-21-32-28)31(37)36-19-15-26(16-20-36)35-17-13-25(14-18-35)34(3)41(4,38)39/h5-8,21,25-27,29H,9-20H2,1-4H3/t27-,29-/m1/s1. The maximum Gasteiger partial charge on any atom is 0.272 e. The molecule has 2 aromatic rings. The molecule has 3 saturated heterocycles. The van der Waals surface area contributed by atoms with Crippen LogP contribution in [0.3, 0.4) is 0 Å². The van der Waals surface area contributed by atoms with Crippen molar-refractivity contribution >= 4 is 15.9 Å². The predicted molar refractivity (Wildman–Crippen MR) is 159 cm³/mol. The minimum absolute atomic E-state index is 0.00497. The highest BCUT2D eigenvalue weighted by atomic mass is 32.2. The molecule has 0 unspecified atom stereocenters. The first kappa shape index (κ1) is 30.1. The number of carbonyl (C=O) groups excluding carboxylic acids is 1.